The Balaban J connectivity index is 2.42. The molecule has 0 aliphatic carbocycles. The Bertz CT molecular complexity index is 2410. The molecule has 0 aromatic carbocycles. The molecule has 0 saturated carbocycles. The van der Waals surface area contributed by atoms with Gasteiger partial charge in [-0.2, -0.15) is 8.42 Å². The van der Waals surface area contributed by atoms with Gasteiger partial charge >= 0.3 is 10.4 Å². The van der Waals surface area contributed by atoms with Crippen LogP contribution in [-0.4, -0.2) is 179 Å². The van der Waals surface area contributed by atoms with Crippen molar-refractivity contribution < 1.29 is 82.9 Å². The second-order valence-corrected chi connectivity index (χ2v) is 23.2. The first kappa shape index (κ1) is 79.9. The number of amides is 1. The van der Waals surface area contributed by atoms with E-state index in [-0.39, 0.29) is 87.5 Å². The summed E-state index contributed by atoms with van der Waals surface area (Å²) in [7, 11) is -4.95. The number of nitrogens with zero attached hydrogens (tertiary/aromatic N) is 1. The lowest BCUT2D eigenvalue weighted by Gasteiger charge is -2.25. The Labute approximate surface area is 516 Å². The molecule has 1 amide bonds. The molecule has 0 aromatic heterocycles. The van der Waals surface area contributed by atoms with Crippen molar-refractivity contribution in [3.05, 3.63) is 146 Å². The van der Waals surface area contributed by atoms with E-state index in [0.29, 0.717) is 19.4 Å². The predicted octanol–water partition coefficient (Wildman–Crippen LogP) is 4.96. The second kappa shape index (κ2) is 47.8. The highest BCUT2D eigenvalue weighted by molar-refractivity contribution is 7.80. The largest absolute Gasteiger partial charge is 0.397 e. The molecule has 0 aromatic rings. The summed E-state index contributed by atoms with van der Waals surface area (Å²) in [4.78, 5) is 29.3. The molecule has 492 valence electrons. The summed E-state index contributed by atoms with van der Waals surface area (Å²) in [6, 6.07) is -0.277. The molecule has 1 saturated heterocycles. The van der Waals surface area contributed by atoms with Gasteiger partial charge in [0.05, 0.1) is 79.3 Å². The number of carbonyl (C=O) groups is 2. The summed E-state index contributed by atoms with van der Waals surface area (Å²) in [5.74, 6) is -2.37. The minimum atomic E-state index is -4.95. The van der Waals surface area contributed by atoms with Crippen molar-refractivity contribution in [3.8, 4) is 0 Å². The molecule has 1 fully saturated rings. The topological polar surface area (TPSA) is 383 Å². The lowest BCUT2D eigenvalue weighted by molar-refractivity contribution is -0.127. The summed E-state index contributed by atoms with van der Waals surface area (Å²) in [6.45, 7) is 8.15. The van der Waals surface area contributed by atoms with Crippen molar-refractivity contribution in [1.82, 2.24) is 10.6 Å². The van der Waals surface area contributed by atoms with Crippen LogP contribution in [0.15, 0.2) is 151 Å². The normalized spacial score (nSPS) is 20.6. The van der Waals surface area contributed by atoms with E-state index in [9.17, 15) is 78.7 Å². The van der Waals surface area contributed by atoms with Crippen LogP contribution in [0, 0.1) is 17.8 Å². The average molecular weight is 1250 g/mol. The van der Waals surface area contributed by atoms with Crippen LogP contribution in [0.5, 0.6) is 0 Å². The number of Topliss-reactive ketones (excluding diaryl/α,β-unsaturated/α-hetero) is 1. The number of nitrogens with one attached hydrogen (secondary N) is 2. The number of unbranched alkanes of at least 4 members (excludes halogenated alkanes) is 1. The van der Waals surface area contributed by atoms with E-state index < -0.39 is 102 Å². The standard InChI is InChI=1S/C65H104N4O17S/c1-5-6-7-8-14-17-20-28-47(2)63(81)49(4)60(79)37-21-18-15-12-10-9-11-13-16-19-22-38-62(86-87(83,84)85)48(3)61(80)46-58(78)45-55(75)34-25-33-54(74)44-57(77)43-53(73)32-24-31-51(71)41-50(70)29-23-30-52(72)42-56(76)35-26-40-68-65(66)69-64(82)59-36-27-39-67-59/h5-13,15-16,18-25,28-29,32,34,37,47-60,62-63,67,70-79,81H,14,17,26-27,30-31,33,35-36,38-46H2,1-4H3,(H,83,84,85)(H3,66,68,69,82). The minimum absolute atomic E-state index is 0.00184. The number of aliphatic hydroxyl groups is 11. The summed E-state index contributed by atoms with van der Waals surface area (Å²) in [5, 5.41) is 120. The highest BCUT2D eigenvalue weighted by Gasteiger charge is 2.30. The summed E-state index contributed by atoms with van der Waals surface area (Å²) in [5.41, 5.74) is 5.78. The number of hydrogen-bond acceptors (Lipinski definition) is 18. The third-order valence-corrected chi connectivity index (χ3v) is 14.6. The maximum absolute atomic E-state index is 13.1. The summed E-state index contributed by atoms with van der Waals surface area (Å²) >= 11 is 0. The Kier molecular flexibility index (Phi) is 43.9. The molecule has 16 unspecified atom stereocenters. The van der Waals surface area contributed by atoms with E-state index in [1.54, 1.807) is 85.9 Å². The number of aliphatic hydroxyl groups excluding tert-OH is 11. The van der Waals surface area contributed by atoms with E-state index in [1.165, 1.54) is 37.3 Å². The maximum Gasteiger partial charge on any atom is 0.397 e. The van der Waals surface area contributed by atoms with Gasteiger partial charge in [-0.1, -0.05) is 167 Å². The van der Waals surface area contributed by atoms with E-state index in [2.05, 4.69) is 21.7 Å². The average Bonchev–Trinajstić information content (AvgIpc) is 4.15. The summed E-state index contributed by atoms with van der Waals surface area (Å²) in [6.07, 6.45) is 32.2. The smallest absolute Gasteiger partial charge is 0.393 e. The fraction of sp³-hybridized carbons (Fsp3) is 0.585. The lowest BCUT2D eigenvalue weighted by atomic mass is 9.88. The van der Waals surface area contributed by atoms with Crippen LogP contribution >= 0.6 is 0 Å². The van der Waals surface area contributed by atoms with Crippen LogP contribution in [0.25, 0.3) is 0 Å². The van der Waals surface area contributed by atoms with Gasteiger partial charge in [0.1, 0.15) is 5.78 Å². The minimum Gasteiger partial charge on any atom is -0.393 e. The highest BCUT2D eigenvalue weighted by atomic mass is 32.3. The van der Waals surface area contributed by atoms with Crippen molar-refractivity contribution in [3.63, 3.8) is 0 Å². The quantitative estimate of drug-likeness (QED) is 0.00956. The first-order chi connectivity index (χ1) is 41.3. The Morgan fingerprint density at radius 2 is 1.11 bits per heavy atom. The van der Waals surface area contributed by atoms with Crippen molar-refractivity contribution in [2.75, 3.05) is 13.1 Å². The van der Waals surface area contributed by atoms with Crippen molar-refractivity contribution in [1.29, 1.82) is 0 Å². The van der Waals surface area contributed by atoms with E-state index in [4.69, 9.17) is 9.92 Å². The number of rotatable bonds is 46. The second-order valence-electron chi connectivity index (χ2n) is 22.1. The Hall–Kier alpha value is -5.12. The van der Waals surface area contributed by atoms with Crippen LogP contribution in [0.4, 0.5) is 0 Å². The zero-order valence-electron chi connectivity index (χ0n) is 51.2. The maximum atomic E-state index is 13.1. The van der Waals surface area contributed by atoms with E-state index in [1.807, 2.05) is 44.2 Å². The van der Waals surface area contributed by atoms with Gasteiger partial charge in [-0.25, -0.2) is 4.18 Å². The van der Waals surface area contributed by atoms with E-state index in [0.717, 1.165) is 32.2 Å². The third kappa shape index (κ3) is 42.5. The lowest BCUT2D eigenvalue weighted by Crippen LogP contribution is -2.46. The Morgan fingerprint density at radius 1 is 0.609 bits per heavy atom. The fourth-order valence-electron chi connectivity index (χ4n) is 9.00. The molecular weight excluding hydrogens is 1140 g/mol. The van der Waals surface area contributed by atoms with Crippen LogP contribution in [-0.2, 0) is 24.2 Å². The van der Waals surface area contributed by atoms with Gasteiger partial charge in [-0.3, -0.25) is 24.5 Å². The molecule has 1 heterocycles. The molecule has 87 heavy (non-hydrogen) atoms. The number of hydrogen-bond donors (Lipinski definition) is 15. The zero-order chi connectivity index (χ0) is 65.0. The molecule has 21 nitrogen and oxygen atoms in total. The number of ketones is 1. The number of nitrogens with two attached hydrogens (primary N) is 1. The molecule has 16 atom stereocenters. The molecule has 1 aliphatic heterocycles. The number of allylic oxidation sites excluding steroid dienone is 15. The number of aliphatic imine (C=N–C) groups is 1. The van der Waals surface area contributed by atoms with Crippen LogP contribution in [0.2, 0.25) is 0 Å². The van der Waals surface area contributed by atoms with Crippen LogP contribution in [0.3, 0.4) is 0 Å². The molecule has 0 radical (unpaired) electrons. The van der Waals surface area contributed by atoms with E-state index >= 15 is 0 Å². The van der Waals surface area contributed by atoms with Gasteiger partial charge < -0.3 is 67.2 Å². The highest BCUT2D eigenvalue weighted by Crippen LogP contribution is 2.22. The molecule has 0 bridgehead atoms. The number of guanidine groups is 1. The SMILES string of the molecule is CC=CC=CCCC=CC(C)C(O)C(C)C(O)C=CC=CC=CC=CC=CC=CCC(OS(=O)(=O)O)C(C)C(=O)CC(O)CC(O)C=CCC(O)CC(O)CC(O)C=CCC(O)CC(O)C=CCC(O)CC(O)CCCN=C(N)NC(=O)C1CCCN1. The first-order valence-electron chi connectivity index (χ1n) is 30.3. The molecule has 1 rings (SSSR count). The molecular formula is C65H104N4O17S. The first-order valence-corrected chi connectivity index (χ1v) is 31.6. The van der Waals surface area contributed by atoms with Crippen molar-refractivity contribution in [2.24, 2.45) is 28.5 Å². The molecule has 1 aliphatic rings. The Morgan fingerprint density at radius 3 is 1.67 bits per heavy atom. The van der Waals surface area contributed by atoms with Gasteiger partial charge in [0.25, 0.3) is 0 Å². The third-order valence-electron chi connectivity index (χ3n) is 14.1. The molecule has 0 spiro atoms. The fourth-order valence-corrected chi connectivity index (χ4v) is 9.56. The van der Waals surface area contributed by atoms with Crippen LogP contribution < -0.4 is 16.4 Å². The van der Waals surface area contributed by atoms with Crippen LogP contribution in [0.1, 0.15) is 130 Å². The predicted molar refractivity (Wildman–Crippen MR) is 341 cm³/mol. The van der Waals surface area contributed by atoms with Gasteiger partial charge in [0, 0.05) is 50.0 Å². The molecule has 22 heteroatoms. The number of carbonyl (C=O) groups excluding carboxylic acids is 2. The van der Waals surface area contributed by atoms with Gasteiger partial charge in [0.2, 0.25) is 5.91 Å². The van der Waals surface area contributed by atoms with Gasteiger partial charge in [-0.15, -0.1) is 0 Å². The summed E-state index contributed by atoms with van der Waals surface area (Å²) < 4.78 is 37.5. The van der Waals surface area contributed by atoms with Gasteiger partial charge in [-0.05, 0) is 90.5 Å². The van der Waals surface area contributed by atoms with Gasteiger partial charge in [0.15, 0.2) is 5.96 Å². The molecule has 16 N–H and O–H groups in total. The van der Waals surface area contributed by atoms with Crippen molar-refractivity contribution in [2.45, 2.75) is 210 Å². The monoisotopic (exact) mass is 1240 g/mol. The zero-order valence-corrected chi connectivity index (χ0v) is 52.0. The van der Waals surface area contributed by atoms with Crippen molar-refractivity contribution >= 4 is 28.0 Å².